The number of aliphatic hydroxyl groups is 1. The van der Waals surface area contributed by atoms with Crippen LogP contribution in [0.25, 0.3) is 0 Å². The first-order valence-corrected chi connectivity index (χ1v) is 6.16. The number of nitrogens with one attached hydrogen (secondary N) is 1. The molecule has 0 radical (unpaired) electrons. The number of nitrogens with zero attached hydrogens (tertiary/aromatic N) is 3. The zero-order valence-electron chi connectivity index (χ0n) is 11.1. The van der Waals surface area contributed by atoms with E-state index in [0.717, 1.165) is 0 Å². The van der Waals surface area contributed by atoms with E-state index in [4.69, 9.17) is 4.74 Å². The van der Waals surface area contributed by atoms with Gasteiger partial charge in [0.25, 0.3) is 0 Å². The van der Waals surface area contributed by atoms with Crippen LogP contribution in [0.15, 0.2) is 36.7 Å². The third kappa shape index (κ3) is 4.36. The molecule has 1 heterocycles. The molecule has 20 heavy (non-hydrogen) atoms. The number of amides is 1. The van der Waals surface area contributed by atoms with E-state index in [0.29, 0.717) is 18.0 Å². The molecule has 2 rings (SSSR count). The van der Waals surface area contributed by atoms with Gasteiger partial charge in [0.05, 0.1) is 12.7 Å². The van der Waals surface area contributed by atoms with Crippen molar-refractivity contribution in [2.24, 2.45) is 0 Å². The van der Waals surface area contributed by atoms with Crippen molar-refractivity contribution in [2.45, 2.75) is 19.6 Å². The van der Waals surface area contributed by atoms with E-state index < -0.39 is 6.10 Å². The van der Waals surface area contributed by atoms with E-state index in [1.165, 1.54) is 11.6 Å². The SMILES string of the molecule is CC(=O)Nc1ccc(OCC(O)Cn2ccnn2)cc1. The first kappa shape index (κ1) is 14.0. The lowest BCUT2D eigenvalue weighted by molar-refractivity contribution is -0.114. The summed E-state index contributed by atoms with van der Waals surface area (Å²) in [6, 6.07) is 6.93. The van der Waals surface area contributed by atoms with Gasteiger partial charge in [0.1, 0.15) is 18.5 Å². The molecule has 0 aliphatic rings. The fourth-order valence-electron chi connectivity index (χ4n) is 1.63. The minimum atomic E-state index is -0.674. The highest BCUT2D eigenvalue weighted by Gasteiger charge is 2.07. The van der Waals surface area contributed by atoms with Crippen molar-refractivity contribution in [3.63, 3.8) is 0 Å². The normalized spacial score (nSPS) is 11.9. The highest BCUT2D eigenvalue weighted by Crippen LogP contribution is 2.15. The van der Waals surface area contributed by atoms with Crippen molar-refractivity contribution in [3.8, 4) is 5.75 Å². The standard InChI is InChI=1S/C13H16N4O3/c1-10(18)15-11-2-4-13(5-3-11)20-9-12(19)8-17-7-6-14-16-17/h2-7,12,19H,8-9H2,1H3,(H,15,18). The quantitative estimate of drug-likeness (QED) is 0.809. The molecule has 0 bridgehead atoms. The van der Waals surface area contributed by atoms with Crippen molar-refractivity contribution < 1.29 is 14.6 Å². The van der Waals surface area contributed by atoms with Crippen LogP contribution in [-0.4, -0.2) is 38.7 Å². The summed E-state index contributed by atoms with van der Waals surface area (Å²) in [5, 5.41) is 19.9. The van der Waals surface area contributed by atoms with Crippen molar-refractivity contribution in [2.75, 3.05) is 11.9 Å². The summed E-state index contributed by atoms with van der Waals surface area (Å²) >= 11 is 0. The van der Waals surface area contributed by atoms with Gasteiger partial charge in [-0.15, -0.1) is 5.10 Å². The molecule has 0 saturated carbocycles. The maximum atomic E-state index is 10.9. The average Bonchev–Trinajstić information content (AvgIpc) is 2.90. The van der Waals surface area contributed by atoms with Crippen LogP contribution in [-0.2, 0) is 11.3 Å². The lowest BCUT2D eigenvalue weighted by Gasteiger charge is -2.12. The fourth-order valence-corrected chi connectivity index (χ4v) is 1.63. The van der Waals surface area contributed by atoms with Gasteiger partial charge in [0.15, 0.2) is 0 Å². The van der Waals surface area contributed by atoms with Crippen LogP contribution in [0.4, 0.5) is 5.69 Å². The van der Waals surface area contributed by atoms with Gasteiger partial charge in [-0.1, -0.05) is 5.21 Å². The fraction of sp³-hybridized carbons (Fsp3) is 0.308. The van der Waals surface area contributed by atoms with E-state index in [2.05, 4.69) is 15.6 Å². The van der Waals surface area contributed by atoms with Crippen molar-refractivity contribution >= 4 is 11.6 Å². The van der Waals surface area contributed by atoms with Crippen molar-refractivity contribution in [1.82, 2.24) is 15.0 Å². The summed E-state index contributed by atoms with van der Waals surface area (Å²) in [5.41, 5.74) is 0.702. The third-order valence-electron chi connectivity index (χ3n) is 2.49. The van der Waals surface area contributed by atoms with Gasteiger partial charge in [-0.25, -0.2) is 4.68 Å². The van der Waals surface area contributed by atoms with Gasteiger partial charge < -0.3 is 15.2 Å². The Morgan fingerprint density at radius 3 is 2.80 bits per heavy atom. The Labute approximate surface area is 116 Å². The minimum absolute atomic E-state index is 0.123. The monoisotopic (exact) mass is 276 g/mol. The highest BCUT2D eigenvalue weighted by atomic mass is 16.5. The summed E-state index contributed by atoms with van der Waals surface area (Å²) in [4.78, 5) is 10.9. The lowest BCUT2D eigenvalue weighted by Crippen LogP contribution is -2.23. The molecular formula is C13H16N4O3. The molecule has 1 atom stereocenters. The zero-order valence-corrected chi connectivity index (χ0v) is 11.1. The predicted octanol–water partition coefficient (Wildman–Crippen LogP) is 0.676. The largest absolute Gasteiger partial charge is 0.491 e. The number of hydrogen-bond acceptors (Lipinski definition) is 5. The molecule has 7 heteroatoms. The Kier molecular flexibility index (Phi) is 4.67. The number of anilines is 1. The first-order chi connectivity index (χ1) is 9.63. The van der Waals surface area contributed by atoms with E-state index in [1.807, 2.05) is 0 Å². The molecule has 2 aromatic rings. The molecule has 0 aliphatic carbocycles. The zero-order chi connectivity index (χ0) is 14.4. The van der Waals surface area contributed by atoms with Crippen LogP contribution in [0.2, 0.25) is 0 Å². The highest BCUT2D eigenvalue weighted by molar-refractivity contribution is 5.88. The van der Waals surface area contributed by atoms with Gasteiger partial charge in [0.2, 0.25) is 5.91 Å². The predicted molar refractivity (Wildman–Crippen MR) is 72.3 cm³/mol. The van der Waals surface area contributed by atoms with Gasteiger partial charge in [-0.3, -0.25) is 4.79 Å². The summed E-state index contributed by atoms with van der Waals surface area (Å²) < 4.78 is 6.99. The van der Waals surface area contributed by atoms with Crippen molar-refractivity contribution in [3.05, 3.63) is 36.7 Å². The van der Waals surface area contributed by atoms with Crippen LogP contribution in [0.3, 0.4) is 0 Å². The lowest BCUT2D eigenvalue weighted by atomic mass is 10.3. The Morgan fingerprint density at radius 1 is 1.45 bits per heavy atom. The second kappa shape index (κ2) is 6.67. The van der Waals surface area contributed by atoms with Crippen LogP contribution >= 0.6 is 0 Å². The van der Waals surface area contributed by atoms with Gasteiger partial charge in [0, 0.05) is 18.8 Å². The molecule has 1 aromatic carbocycles. The number of aliphatic hydroxyl groups excluding tert-OH is 1. The third-order valence-corrected chi connectivity index (χ3v) is 2.49. The van der Waals surface area contributed by atoms with E-state index in [9.17, 15) is 9.90 Å². The summed E-state index contributed by atoms with van der Waals surface area (Å²) in [5.74, 6) is 0.499. The molecular weight excluding hydrogens is 260 g/mol. The number of aromatic nitrogens is 3. The topological polar surface area (TPSA) is 89.3 Å². The summed E-state index contributed by atoms with van der Waals surface area (Å²) in [7, 11) is 0. The van der Waals surface area contributed by atoms with Crippen LogP contribution < -0.4 is 10.1 Å². The molecule has 1 unspecified atom stereocenters. The van der Waals surface area contributed by atoms with E-state index in [1.54, 1.807) is 36.7 Å². The molecule has 0 saturated heterocycles. The summed E-state index contributed by atoms with van der Waals surface area (Å²) in [6.07, 6.45) is 2.55. The molecule has 1 amide bonds. The maximum Gasteiger partial charge on any atom is 0.221 e. The molecule has 7 nitrogen and oxygen atoms in total. The van der Waals surface area contributed by atoms with Crippen LogP contribution in [0.5, 0.6) is 5.75 Å². The molecule has 0 aliphatic heterocycles. The Morgan fingerprint density at radius 2 is 2.20 bits per heavy atom. The minimum Gasteiger partial charge on any atom is -0.491 e. The van der Waals surface area contributed by atoms with Gasteiger partial charge in [-0.05, 0) is 24.3 Å². The Balaban J connectivity index is 1.80. The number of rotatable bonds is 6. The first-order valence-electron chi connectivity index (χ1n) is 6.16. The van der Waals surface area contributed by atoms with Crippen LogP contribution in [0, 0.1) is 0 Å². The second-order valence-corrected chi connectivity index (χ2v) is 4.30. The molecule has 1 aromatic heterocycles. The molecule has 2 N–H and O–H groups in total. The van der Waals surface area contributed by atoms with Gasteiger partial charge in [-0.2, -0.15) is 0 Å². The van der Waals surface area contributed by atoms with Crippen LogP contribution in [0.1, 0.15) is 6.92 Å². The van der Waals surface area contributed by atoms with E-state index >= 15 is 0 Å². The molecule has 0 spiro atoms. The smallest absolute Gasteiger partial charge is 0.221 e. The molecule has 0 fully saturated rings. The Hall–Kier alpha value is -2.41. The van der Waals surface area contributed by atoms with Gasteiger partial charge >= 0.3 is 0 Å². The number of benzene rings is 1. The second-order valence-electron chi connectivity index (χ2n) is 4.30. The van der Waals surface area contributed by atoms with E-state index in [-0.39, 0.29) is 12.5 Å². The number of carbonyl (C=O) groups excluding carboxylic acids is 1. The van der Waals surface area contributed by atoms with Crippen molar-refractivity contribution in [1.29, 1.82) is 0 Å². The maximum absolute atomic E-state index is 10.9. The number of hydrogen-bond donors (Lipinski definition) is 2. The Bertz CT molecular complexity index is 539. The molecule has 106 valence electrons. The number of ether oxygens (including phenoxy) is 1. The summed E-state index contributed by atoms with van der Waals surface area (Å²) in [6.45, 7) is 1.92. The average molecular weight is 276 g/mol. The number of carbonyl (C=O) groups is 1.